The van der Waals surface area contributed by atoms with E-state index in [1.807, 2.05) is 64.1 Å². The first-order chi connectivity index (χ1) is 18.6. The van der Waals surface area contributed by atoms with Gasteiger partial charge in [-0.2, -0.15) is 5.10 Å². The van der Waals surface area contributed by atoms with E-state index in [1.54, 1.807) is 11.0 Å². The monoisotopic (exact) mass is 533 g/mol. The van der Waals surface area contributed by atoms with Gasteiger partial charge in [-0.3, -0.25) is 9.48 Å². The molecule has 1 fully saturated rings. The number of nitrogens with zero attached hydrogens (tertiary/aromatic N) is 6. The Balaban J connectivity index is 1.26. The predicted molar refractivity (Wildman–Crippen MR) is 149 cm³/mol. The first-order valence-electron chi connectivity index (χ1n) is 13.3. The molecule has 5 rings (SSSR count). The van der Waals surface area contributed by atoms with E-state index >= 15 is 4.39 Å². The topological polar surface area (TPSA) is 92.2 Å². The van der Waals surface area contributed by atoms with Crippen LogP contribution in [-0.2, 0) is 22.5 Å². The van der Waals surface area contributed by atoms with E-state index in [4.69, 9.17) is 4.74 Å². The average Bonchev–Trinajstić information content (AvgIpc) is 3.50. The lowest BCUT2D eigenvalue weighted by molar-refractivity contribution is -0.157. The molecule has 0 spiro atoms. The van der Waals surface area contributed by atoms with Crippen LogP contribution < -0.4 is 0 Å². The number of rotatable bonds is 9. The fraction of sp³-hybridized carbons (Fsp3) is 0.448. The number of hydrogen-bond donors (Lipinski definition) is 1. The van der Waals surface area contributed by atoms with Gasteiger partial charge in [0.25, 0.3) is 0 Å². The zero-order chi connectivity index (χ0) is 27.7. The Morgan fingerprint density at radius 1 is 1.18 bits per heavy atom. The lowest BCUT2D eigenvalue weighted by Crippen LogP contribution is -2.56. The minimum Gasteiger partial charge on any atom is -0.369 e. The number of carbonyl (C=O) groups excluding carboxylic acids is 1. The van der Waals surface area contributed by atoms with E-state index in [-0.39, 0.29) is 29.9 Å². The van der Waals surface area contributed by atoms with Crippen molar-refractivity contribution in [2.45, 2.75) is 51.9 Å². The van der Waals surface area contributed by atoms with E-state index in [0.717, 1.165) is 29.7 Å². The molecule has 0 bridgehead atoms. The molecule has 0 atom stereocenters. The van der Waals surface area contributed by atoms with E-state index in [1.165, 1.54) is 12.4 Å². The fourth-order valence-electron chi connectivity index (χ4n) is 4.77. The van der Waals surface area contributed by atoms with Gasteiger partial charge in [-0.25, -0.2) is 14.4 Å². The molecule has 0 unspecified atom stereocenters. The van der Waals surface area contributed by atoms with Gasteiger partial charge < -0.3 is 19.5 Å². The maximum atomic E-state index is 15.1. The molecule has 3 aromatic heterocycles. The van der Waals surface area contributed by atoms with Crippen LogP contribution in [-0.4, -0.2) is 85.9 Å². The van der Waals surface area contributed by atoms with Crippen molar-refractivity contribution in [2.24, 2.45) is 0 Å². The molecule has 4 aromatic rings. The second-order valence-corrected chi connectivity index (χ2v) is 11.4. The van der Waals surface area contributed by atoms with Crippen LogP contribution in [0.4, 0.5) is 4.39 Å². The summed E-state index contributed by atoms with van der Waals surface area (Å²) in [5.41, 5.74) is 4.09. The van der Waals surface area contributed by atoms with Crippen LogP contribution in [0.25, 0.3) is 33.5 Å². The Kier molecular flexibility index (Phi) is 7.51. The number of likely N-dealkylation sites (tertiary alicyclic amines) is 1. The van der Waals surface area contributed by atoms with Crippen LogP contribution in [0.2, 0.25) is 0 Å². The van der Waals surface area contributed by atoms with Crippen molar-refractivity contribution in [1.29, 1.82) is 0 Å². The number of fused-ring (bicyclic) bond motifs is 1. The summed E-state index contributed by atoms with van der Waals surface area (Å²) in [6.45, 7) is 8.90. The van der Waals surface area contributed by atoms with Gasteiger partial charge in [-0.05, 0) is 59.0 Å². The highest BCUT2D eigenvalue weighted by atomic mass is 19.1. The number of ether oxygens (including phenoxy) is 1. The molecule has 1 aromatic carbocycles. The summed E-state index contributed by atoms with van der Waals surface area (Å²) in [4.78, 5) is 28.6. The standard InChI is InChI=1S/C29H36FN7O2/c1-29(2,3)39-22-16-36(17-22)26(38)9-8-19-6-7-20(12-24(19)30)27-23-13-25(34-28(23)32-18-31-27)21-14-33-37(15-21)11-10-35(4)5/h6-7,12-15,18,22H,8-11,16-17H2,1-5H3,(H,31,32,34). The maximum absolute atomic E-state index is 15.1. The van der Waals surface area contributed by atoms with Crippen molar-refractivity contribution in [3.05, 3.63) is 54.4 Å². The number of nitrogens with one attached hydrogen (secondary N) is 1. The quantitative estimate of drug-likeness (QED) is 0.348. The largest absolute Gasteiger partial charge is 0.369 e. The number of amides is 1. The summed E-state index contributed by atoms with van der Waals surface area (Å²) in [5, 5.41) is 5.26. The summed E-state index contributed by atoms with van der Waals surface area (Å²) < 4.78 is 22.9. The van der Waals surface area contributed by atoms with Crippen LogP contribution in [0.1, 0.15) is 32.8 Å². The molecule has 0 radical (unpaired) electrons. The van der Waals surface area contributed by atoms with E-state index in [0.29, 0.717) is 42.0 Å². The lowest BCUT2D eigenvalue weighted by atomic mass is 10.0. The Morgan fingerprint density at radius 3 is 2.69 bits per heavy atom. The highest BCUT2D eigenvalue weighted by Gasteiger charge is 2.33. The molecule has 1 saturated heterocycles. The molecule has 0 saturated carbocycles. The molecule has 0 aliphatic carbocycles. The highest BCUT2D eigenvalue weighted by molar-refractivity contribution is 5.94. The second kappa shape index (κ2) is 10.9. The van der Waals surface area contributed by atoms with Gasteiger partial charge in [0, 0.05) is 48.8 Å². The number of aromatic amines is 1. The zero-order valence-corrected chi connectivity index (χ0v) is 23.2. The molecule has 1 aliphatic rings. The van der Waals surface area contributed by atoms with Gasteiger partial charge in [0.15, 0.2) is 0 Å². The van der Waals surface area contributed by atoms with Gasteiger partial charge in [0.05, 0.1) is 35.8 Å². The Bertz CT molecular complexity index is 1460. The van der Waals surface area contributed by atoms with Crippen molar-refractivity contribution < 1.29 is 13.9 Å². The number of hydrogen-bond acceptors (Lipinski definition) is 6. The number of aryl methyl sites for hydroxylation is 1. The van der Waals surface area contributed by atoms with E-state index in [9.17, 15) is 4.79 Å². The molecule has 206 valence electrons. The van der Waals surface area contributed by atoms with Gasteiger partial charge in [0.2, 0.25) is 5.91 Å². The molecular weight excluding hydrogens is 497 g/mol. The van der Waals surface area contributed by atoms with E-state index in [2.05, 4.69) is 25.0 Å². The summed E-state index contributed by atoms with van der Waals surface area (Å²) in [7, 11) is 4.06. The minimum absolute atomic E-state index is 0.0228. The van der Waals surface area contributed by atoms with Gasteiger partial charge >= 0.3 is 0 Å². The molecule has 39 heavy (non-hydrogen) atoms. The van der Waals surface area contributed by atoms with Crippen LogP contribution in [0.15, 0.2) is 43.0 Å². The summed E-state index contributed by atoms with van der Waals surface area (Å²) in [6, 6.07) is 7.07. The van der Waals surface area contributed by atoms with Crippen LogP contribution >= 0.6 is 0 Å². The van der Waals surface area contributed by atoms with Gasteiger partial charge in [-0.15, -0.1) is 0 Å². The first kappa shape index (κ1) is 27.0. The molecule has 1 N–H and O–H groups in total. The van der Waals surface area contributed by atoms with Crippen molar-refractivity contribution in [1.82, 2.24) is 34.5 Å². The molecule has 1 amide bonds. The summed E-state index contributed by atoms with van der Waals surface area (Å²) >= 11 is 0. The Morgan fingerprint density at radius 2 is 1.97 bits per heavy atom. The van der Waals surface area contributed by atoms with Gasteiger partial charge in [0.1, 0.15) is 17.8 Å². The minimum atomic E-state index is -0.345. The summed E-state index contributed by atoms with van der Waals surface area (Å²) in [6.07, 6.45) is 5.97. The third kappa shape index (κ3) is 6.34. The SMILES string of the molecule is CN(C)CCn1cc(-c2cc3c(-c4ccc(CCC(=O)N5CC(OC(C)(C)C)C5)c(F)c4)ncnc3[nH]2)cn1. The average molecular weight is 534 g/mol. The number of carbonyl (C=O) groups is 1. The predicted octanol–water partition coefficient (Wildman–Crippen LogP) is 4.15. The Hall–Kier alpha value is -3.63. The first-order valence-corrected chi connectivity index (χ1v) is 13.3. The molecule has 10 heteroatoms. The molecule has 4 heterocycles. The number of likely N-dealkylation sites (N-methyl/N-ethyl adjacent to an activating group) is 1. The highest BCUT2D eigenvalue weighted by Crippen LogP contribution is 2.31. The fourth-order valence-corrected chi connectivity index (χ4v) is 4.77. The number of aromatic nitrogens is 5. The maximum Gasteiger partial charge on any atom is 0.223 e. The van der Waals surface area contributed by atoms with Crippen molar-refractivity contribution in [3.8, 4) is 22.5 Å². The van der Waals surface area contributed by atoms with Gasteiger partial charge in [-0.1, -0.05) is 12.1 Å². The normalized spacial score (nSPS) is 14.4. The number of benzene rings is 1. The lowest BCUT2D eigenvalue weighted by Gasteiger charge is -2.42. The Labute approximate surface area is 228 Å². The third-order valence-corrected chi connectivity index (χ3v) is 6.80. The van der Waals surface area contributed by atoms with E-state index < -0.39 is 0 Å². The number of H-pyrrole nitrogens is 1. The van der Waals surface area contributed by atoms with Crippen molar-refractivity contribution in [2.75, 3.05) is 33.7 Å². The molecule has 9 nitrogen and oxygen atoms in total. The van der Waals surface area contributed by atoms with Crippen LogP contribution in [0.5, 0.6) is 0 Å². The smallest absolute Gasteiger partial charge is 0.223 e. The third-order valence-electron chi connectivity index (χ3n) is 6.80. The summed E-state index contributed by atoms with van der Waals surface area (Å²) in [5.74, 6) is -0.322. The second-order valence-electron chi connectivity index (χ2n) is 11.4. The zero-order valence-electron chi connectivity index (χ0n) is 23.2. The van der Waals surface area contributed by atoms with Crippen molar-refractivity contribution in [3.63, 3.8) is 0 Å². The van der Waals surface area contributed by atoms with Crippen molar-refractivity contribution >= 4 is 16.9 Å². The number of halogens is 1. The van der Waals surface area contributed by atoms with Crippen LogP contribution in [0, 0.1) is 5.82 Å². The van der Waals surface area contributed by atoms with Crippen LogP contribution in [0.3, 0.4) is 0 Å². The molecular formula is C29H36FN7O2. The molecule has 1 aliphatic heterocycles.